The summed E-state index contributed by atoms with van der Waals surface area (Å²) in [5, 5.41) is 5.42. The maximum absolute atomic E-state index is 12.2. The Labute approximate surface area is 160 Å². The molecule has 3 heterocycles. The molecule has 3 rings (SSSR count). The van der Waals surface area contributed by atoms with Crippen molar-refractivity contribution in [3.05, 3.63) is 31.4 Å². The first kappa shape index (κ1) is 18.4. The Morgan fingerprint density at radius 2 is 2.16 bits per heavy atom. The van der Waals surface area contributed by atoms with Crippen LogP contribution >= 0.6 is 34.3 Å². The van der Waals surface area contributed by atoms with Gasteiger partial charge in [-0.05, 0) is 44.2 Å². The molecule has 0 atom stereocenters. The first-order valence-electron chi connectivity index (χ1n) is 8.42. The van der Waals surface area contributed by atoms with Gasteiger partial charge in [0.2, 0.25) is 0 Å². The molecule has 0 bridgehead atoms. The summed E-state index contributed by atoms with van der Waals surface area (Å²) in [4.78, 5) is 21.5. The number of hydrogen-bond donors (Lipinski definition) is 1. The molecular formula is C17H21ClN4OS2. The van der Waals surface area contributed by atoms with E-state index in [0.717, 1.165) is 35.1 Å². The molecule has 5 nitrogen and oxygen atoms in total. The number of piperidine rings is 1. The summed E-state index contributed by atoms with van der Waals surface area (Å²) in [5.41, 5.74) is 3.73. The van der Waals surface area contributed by atoms with Crippen molar-refractivity contribution in [3.8, 4) is 0 Å². The molecule has 1 aliphatic heterocycles. The zero-order chi connectivity index (χ0) is 17.8. The summed E-state index contributed by atoms with van der Waals surface area (Å²) in [5.74, 6) is -0.194. The first-order chi connectivity index (χ1) is 12.1. The lowest BCUT2D eigenvalue weighted by atomic mass is 10.1. The second kappa shape index (κ2) is 8.29. The van der Waals surface area contributed by atoms with Gasteiger partial charge in [-0.15, -0.1) is 11.3 Å². The number of nitrogens with zero attached hydrogens (tertiary/aromatic N) is 3. The van der Waals surface area contributed by atoms with Crippen LogP contribution in [0.5, 0.6) is 0 Å². The fraction of sp³-hybridized carbons (Fsp3) is 0.471. The second-order valence-electron chi connectivity index (χ2n) is 5.97. The van der Waals surface area contributed by atoms with Crippen LogP contribution in [0.15, 0.2) is 11.2 Å². The molecule has 0 saturated carbocycles. The molecule has 2 aromatic rings. The third-order valence-electron chi connectivity index (χ3n) is 4.14. The number of thiazole rings is 1. The van der Waals surface area contributed by atoms with Crippen LogP contribution in [0.2, 0.25) is 5.15 Å². The number of aryl methyl sites for hydroxylation is 2. The quantitative estimate of drug-likeness (QED) is 0.598. The Morgan fingerprint density at radius 3 is 2.84 bits per heavy atom. The topological polar surface area (TPSA) is 57.6 Å². The van der Waals surface area contributed by atoms with E-state index < -0.39 is 0 Å². The number of rotatable bonds is 5. The van der Waals surface area contributed by atoms with Gasteiger partial charge in [0.15, 0.2) is 10.3 Å². The highest BCUT2D eigenvalue weighted by molar-refractivity contribution is 7.17. The SMILES string of the molecule is CCc1sc(C(=O)N/N=C\c2sc(N3CCCCC3)nc2Cl)cc1C. The monoisotopic (exact) mass is 396 g/mol. The van der Waals surface area contributed by atoms with Crippen LogP contribution in [-0.2, 0) is 6.42 Å². The minimum atomic E-state index is -0.194. The fourth-order valence-corrected chi connectivity index (χ4v) is 4.97. The van der Waals surface area contributed by atoms with Crippen LogP contribution in [0, 0.1) is 6.92 Å². The van der Waals surface area contributed by atoms with Gasteiger partial charge in [-0.3, -0.25) is 4.79 Å². The average Bonchev–Trinajstić information content (AvgIpc) is 3.18. The lowest BCUT2D eigenvalue weighted by Crippen LogP contribution is -2.29. The summed E-state index contributed by atoms with van der Waals surface area (Å²) in [6.07, 6.45) is 6.17. The molecule has 0 radical (unpaired) electrons. The second-order valence-corrected chi connectivity index (χ2v) is 8.47. The zero-order valence-corrected chi connectivity index (χ0v) is 16.7. The molecule has 0 aromatic carbocycles. The van der Waals surface area contributed by atoms with Crippen LogP contribution in [-0.4, -0.2) is 30.2 Å². The molecule has 1 amide bonds. The smallest absolute Gasteiger partial charge is 0.281 e. The van der Waals surface area contributed by atoms with Gasteiger partial charge >= 0.3 is 0 Å². The van der Waals surface area contributed by atoms with E-state index in [9.17, 15) is 4.79 Å². The molecular weight excluding hydrogens is 376 g/mol. The number of thiophene rings is 1. The Hall–Kier alpha value is -1.44. The van der Waals surface area contributed by atoms with Gasteiger partial charge in [0.1, 0.15) is 0 Å². The minimum absolute atomic E-state index is 0.194. The summed E-state index contributed by atoms with van der Waals surface area (Å²) in [6.45, 7) is 6.16. The molecule has 0 spiro atoms. The molecule has 1 aliphatic rings. The fourth-order valence-electron chi connectivity index (χ4n) is 2.79. The number of hydrogen-bond acceptors (Lipinski definition) is 6. The number of anilines is 1. The van der Waals surface area contributed by atoms with Crippen LogP contribution in [0.4, 0.5) is 5.13 Å². The van der Waals surface area contributed by atoms with Crippen molar-refractivity contribution < 1.29 is 4.79 Å². The highest BCUT2D eigenvalue weighted by Gasteiger charge is 2.17. The Morgan fingerprint density at radius 1 is 1.40 bits per heavy atom. The van der Waals surface area contributed by atoms with E-state index in [1.165, 1.54) is 46.8 Å². The summed E-state index contributed by atoms with van der Waals surface area (Å²) < 4.78 is 0. The van der Waals surface area contributed by atoms with Crippen molar-refractivity contribution in [2.75, 3.05) is 18.0 Å². The van der Waals surface area contributed by atoms with E-state index >= 15 is 0 Å². The largest absolute Gasteiger partial charge is 0.348 e. The lowest BCUT2D eigenvalue weighted by Gasteiger charge is -2.25. The zero-order valence-electron chi connectivity index (χ0n) is 14.3. The predicted molar refractivity (Wildman–Crippen MR) is 107 cm³/mol. The van der Waals surface area contributed by atoms with Gasteiger partial charge in [0, 0.05) is 18.0 Å². The van der Waals surface area contributed by atoms with Gasteiger partial charge in [-0.2, -0.15) is 5.10 Å². The van der Waals surface area contributed by atoms with E-state index in [4.69, 9.17) is 11.6 Å². The molecule has 1 N–H and O–H groups in total. The van der Waals surface area contributed by atoms with Gasteiger partial charge in [0.05, 0.1) is 16.0 Å². The molecule has 1 saturated heterocycles. The van der Waals surface area contributed by atoms with Gasteiger partial charge in [-0.1, -0.05) is 29.9 Å². The predicted octanol–water partition coefficient (Wildman–Crippen LogP) is 4.48. The maximum atomic E-state index is 12.2. The molecule has 0 aliphatic carbocycles. The summed E-state index contributed by atoms with van der Waals surface area (Å²) in [7, 11) is 0. The Bertz CT molecular complexity index is 778. The average molecular weight is 397 g/mol. The highest BCUT2D eigenvalue weighted by Crippen LogP contribution is 2.30. The van der Waals surface area contributed by atoms with Crippen molar-refractivity contribution in [1.82, 2.24) is 10.4 Å². The number of amides is 1. The molecule has 0 unspecified atom stereocenters. The van der Waals surface area contributed by atoms with Crippen molar-refractivity contribution in [2.24, 2.45) is 5.10 Å². The molecule has 1 fully saturated rings. The number of halogens is 1. The molecule has 134 valence electrons. The van der Waals surface area contributed by atoms with Crippen LogP contribution in [0.3, 0.4) is 0 Å². The standard InChI is InChI=1S/C17H21ClN4OS2/c1-3-12-11(2)9-13(24-12)16(23)21-19-10-14-15(18)20-17(25-14)22-7-5-4-6-8-22/h9-10H,3-8H2,1-2H3,(H,21,23)/b19-10-. The van der Waals surface area contributed by atoms with E-state index in [-0.39, 0.29) is 5.91 Å². The third-order valence-corrected chi connectivity index (χ3v) is 6.97. The normalized spacial score (nSPS) is 15.1. The first-order valence-corrected chi connectivity index (χ1v) is 10.4. The van der Waals surface area contributed by atoms with Crippen molar-refractivity contribution in [2.45, 2.75) is 39.5 Å². The van der Waals surface area contributed by atoms with E-state index in [1.54, 1.807) is 6.21 Å². The Balaban J connectivity index is 1.63. The Kier molecular flexibility index (Phi) is 6.09. The summed E-state index contributed by atoms with van der Waals surface area (Å²) in [6, 6.07) is 1.91. The maximum Gasteiger partial charge on any atom is 0.281 e. The van der Waals surface area contributed by atoms with Gasteiger partial charge in [-0.25, -0.2) is 10.4 Å². The number of aromatic nitrogens is 1. The lowest BCUT2D eigenvalue weighted by molar-refractivity contribution is 0.0959. The van der Waals surface area contributed by atoms with Crippen LogP contribution < -0.4 is 10.3 Å². The van der Waals surface area contributed by atoms with Gasteiger partial charge in [0.25, 0.3) is 5.91 Å². The molecule has 25 heavy (non-hydrogen) atoms. The van der Waals surface area contributed by atoms with E-state index in [0.29, 0.717) is 10.0 Å². The number of carbonyl (C=O) groups excluding carboxylic acids is 1. The van der Waals surface area contributed by atoms with Crippen LogP contribution in [0.1, 0.15) is 51.2 Å². The minimum Gasteiger partial charge on any atom is -0.348 e. The van der Waals surface area contributed by atoms with E-state index in [2.05, 4.69) is 27.3 Å². The molecule has 8 heteroatoms. The van der Waals surface area contributed by atoms with E-state index in [1.807, 2.05) is 13.0 Å². The van der Waals surface area contributed by atoms with Crippen molar-refractivity contribution >= 4 is 51.5 Å². The van der Waals surface area contributed by atoms with Crippen molar-refractivity contribution in [3.63, 3.8) is 0 Å². The third kappa shape index (κ3) is 4.40. The highest BCUT2D eigenvalue weighted by atomic mass is 35.5. The number of hydrazone groups is 1. The van der Waals surface area contributed by atoms with Crippen molar-refractivity contribution in [1.29, 1.82) is 0 Å². The summed E-state index contributed by atoms with van der Waals surface area (Å²) >= 11 is 9.23. The van der Waals surface area contributed by atoms with Crippen LogP contribution in [0.25, 0.3) is 0 Å². The molecule has 2 aromatic heterocycles. The number of nitrogens with one attached hydrogen (secondary N) is 1. The van der Waals surface area contributed by atoms with Gasteiger partial charge < -0.3 is 4.90 Å². The number of carbonyl (C=O) groups is 1.